The van der Waals surface area contributed by atoms with E-state index in [4.69, 9.17) is 0 Å². The molecule has 1 aliphatic heterocycles. The molecule has 150 valence electrons. The third kappa shape index (κ3) is 3.08. The van der Waals surface area contributed by atoms with Crippen molar-refractivity contribution >= 4 is 17.6 Å². The maximum atomic E-state index is 14.2. The lowest BCUT2D eigenvalue weighted by Crippen LogP contribution is -2.65. The van der Waals surface area contributed by atoms with E-state index in [1.54, 1.807) is 31.3 Å². The second kappa shape index (κ2) is 6.42. The Hall–Kier alpha value is -2.71. The van der Waals surface area contributed by atoms with Gasteiger partial charge >= 0.3 is 6.18 Å². The normalized spacial score (nSPS) is 24.4. The van der Waals surface area contributed by atoms with Crippen LogP contribution in [0.3, 0.4) is 0 Å². The Morgan fingerprint density at radius 1 is 1.29 bits per heavy atom. The molecule has 0 saturated heterocycles. The van der Waals surface area contributed by atoms with Gasteiger partial charge in [-0.25, -0.2) is 0 Å². The predicted molar refractivity (Wildman–Crippen MR) is 92.4 cm³/mol. The maximum absolute atomic E-state index is 14.2. The first-order valence-electron chi connectivity index (χ1n) is 8.72. The third-order valence-electron chi connectivity index (χ3n) is 4.97. The highest BCUT2D eigenvalue weighted by Gasteiger charge is 2.71. The molecule has 3 rings (SSSR count). The Bertz CT molecular complexity index is 877. The van der Waals surface area contributed by atoms with Crippen LogP contribution in [0.4, 0.5) is 13.2 Å². The number of rotatable bonds is 3. The number of pyridine rings is 1. The average molecular weight is 395 g/mol. The van der Waals surface area contributed by atoms with Crippen molar-refractivity contribution in [3.63, 3.8) is 0 Å². The van der Waals surface area contributed by atoms with Gasteiger partial charge in [0.25, 0.3) is 5.91 Å². The van der Waals surface area contributed by atoms with Crippen molar-refractivity contribution in [1.82, 2.24) is 15.2 Å². The fraction of sp³-hybridized carbons (Fsp3) is 0.474. The summed E-state index contributed by atoms with van der Waals surface area (Å²) < 4.78 is 42.6. The quantitative estimate of drug-likeness (QED) is 0.853. The maximum Gasteiger partial charge on any atom is 0.425 e. The molecule has 0 radical (unpaired) electrons. The van der Waals surface area contributed by atoms with Crippen LogP contribution in [0.2, 0.25) is 0 Å². The number of hydrogen-bond acceptors (Lipinski definition) is 4. The van der Waals surface area contributed by atoms with Gasteiger partial charge in [0.15, 0.2) is 5.78 Å². The number of carbonyl (C=O) groups excluding carboxylic acids is 3. The van der Waals surface area contributed by atoms with Crippen molar-refractivity contribution in [1.29, 1.82) is 0 Å². The number of Topliss-reactive ketones (excluding diaryl/α,β-unsaturated/α-hetero) is 1. The Balaban J connectivity index is 2.22. The van der Waals surface area contributed by atoms with E-state index in [1.807, 2.05) is 0 Å². The van der Waals surface area contributed by atoms with Crippen LogP contribution < -0.4 is 5.32 Å². The zero-order chi connectivity index (χ0) is 20.9. The van der Waals surface area contributed by atoms with Gasteiger partial charge in [-0.15, -0.1) is 0 Å². The minimum absolute atomic E-state index is 0.0150. The van der Waals surface area contributed by atoms with Crippen molar-refractivity contribution in [2.75, 3.05) is 0 Å². The number of alkyl halides is 3. The Morgan fingerprint density at radius 2 is 1.96 bits per heavy atom. The van der Waals surface area contributed by atoms with Crippen LogP contribution >= 0.6 is 0 Å². The van der Waals surface area contributed by atoms with Gasteiger partial charge in [0, 0.05) is 31.4 Å². The summed E-state index contributed by atoms with van der Waals surface area (Å²) in [6, 6.07) is 3.23. The first-order valence-corrected chi connectivity index (χ1v) is 8.72. The Labute approximate surface area is 159 Å². The molecule has 0 spiro atoms. The van der Waals surface area contributed by atoms with Crippen LogP contribution in [-0.4, -0.2) is 39.2 Å². The van der Waals surface area contributed by atoms with E-state index in [0.717, 1.165) is 11.8 Å². The summed E-state index contributed by atoms with van der Waals surface area (Å²) >= 11 is 0. The summed E-state index contributed by atoms with van der Waals surface area (Å²) in [6.45, 7) is 4.23. The van der Waals surface area contributed by atoms with Crippen LogP contribution in [0.25, 0.3) is 0 Å². The fourth-order valence-corrected chi connectivity index (χ4v) is 3.93. The van der Waals surface area contributed by atoms with E-state index in [1.165, 1.54) is 12.4 Å². The minimum atomic E-state index is -5.17. The van der Waals surface area contributed by atoms with E-state index < -0.39 is 40.3 Å². The second-order valence-corrected chi connectivity index (χ2v) is 7.94. The molecular formula is C19H20F3N3O3. The third-order valence-corrected chi connectivity index (χ3v) is 4.97. The van der Waals surface area contributed by atoms with Crippen molar-refractivity contribution < 1.29 is 27.6 Å². The molecule has 0 aromatic carbocycles. The molecule has 0 saturated carbocycles. The summed E-state index contributed by atoms with van der Waals surface area (Å²) in [5, 5.41) is 1.77. The van der Waals surface area contributed by atoms with E-state index in [-0.39, 0.29) is 25.1 Å². The van der Waals surface area contributed by atoms with Gasteiger partial charge in [-0.2, -0.15) is 13.2 Å². The molecule has 9 heteroatoms. The van der Waals surface area contributed by atoms with Gasteiger partial charge in [-0.3, -0.25) is 19.4 Å². The predicted octanol–water partition coefficient (Wildman–Crippen LogP) is 2.50. The number of allylic oxidation sites excluding steroid dienone is 1. The summed E-state index contributed by atoms with van der Waals surface area (Å²) in [7, 11) is 0. The van der Waals surface area contributed by atoms with Crippen LogP contribution in [0.15, 0.2) is 35.8 Å². The van der Waals surface area contributed by atoms with Crippen molar-refractivity contribution in [2.24, 2.45) is 5.41 Å². The molecule has 1 aromatic heterocycles. The van der Waals surface area contributed by atoms with Gasteiger partial charge < -0.3 is 10.2 Å². The zero-order valence-electron chi connectivity index (χ0n) is 15.7. The first-order chi connectivity index (χ1) is 12.9. The number of carbonyl (C=O) groups is 3. The van der Waals surface area contributed by atoms with Crippen LogP contribution in [0.5, 0.6) is 0 Å². The van der Waals surface area contributed by atoms with Gasteiger partial charge in [-0.05, 0) is 23.5 Å². The monoisotopic (exact) mass is 395 g/mol. The molecular weight excluding hydrogens is 375 g/mol. The van der Waals surface area contributed by atoms with Crippen LogP contribution in [0, 0.1) is 5.41 Å². The largest absolute Gasteiger partial charge is 0.425 e. The van der Waals surface area contributed by atoms with Crippen molar-refractivity contribution in [3.05, 3.63) is 41.4 Å². The zero-order valence-corrected chi connectivity index (χ0v) is 15.7. The average Bonchev–Trinajstić information content (AvgIpc) is 2.77. The Kier molecular flexibility index (Phi) is 4.60. The van der Waals surface area contributed by atoms with Crippen molar-refractivity contribution in [3.8, 4) is 0 Å². The summed E-state index contributed by atoms with van der Waals surface area (Å²) in [5.74, 6) is -3.19. The molecule has 0 bridgehead atoms. The minimum Gasteiger partial charge on any atom is -0.331 e. The molecule has 1 aliphatic carbocycles. The van der Waals surface area contributed by atoms with Crippen LogP contribution in [0.1, 0.15) is 39.2 Å². The molecule has 1 atom stereocenters. The molecule has 28 heavy (non-hydrogen) atoms. The smallest absolute Gasteiger partial charge is 0.331 e. The second-order valence-electron chi connectivity index (χ2n) is 7.94. The molecule has 2 heterocycles. The number of halogens is 3. The van der Waals surface area contributed by atoms with Gasteiger partial charge in [0.1, 0.15) is 0 Å². The number of aromatic nitrogens is 1. The van der Waals surface area contributed by atoms with E-state index in [2.05, 4.69) is 4.98 Å². The topological polar surface area (TPSA) is 79.4 Å². The lowest BCUT2D eigenvalue weighted by atomic mass is 9.72. The van der Waals surface area contributed by atoms with Gasteiger partial charge in [0.05, 0.1) is 12.1 Å². The first kappa shape index (κ1) is 20.0. The highest BCUT2D eigenvalue weighted by atomic mass is 19.4. The summed E-state index contributed by atoms with van der Waals surface area (Å²) in [6.07, 6.45) is -2.26. The van der Waals surface area contributed by atoms with Crippen LogP contribution in [-0.2, 0) is 20.9 Å². The molecule has 6 nitrogen and oxygen atoms in total. The molecule has 2 amide bonds. The molecule has 0 fully saturated rings. The Morgan fingerprint density at radius 3 is 2.50 bits per heavy atom. The SMILES string of the molecule is CC(=O)NC1(C(F)(F)F)C(=O)N(Cc2cccnc2)C2=C1C(=O)CC(C)(C)C2. The number of amides is 2. The molecule has 2 aliphatic rings. The van der Waals surface area contributed by atoms with E-state index >= 15 is 0 Å². The molecule has 1 N–H and O–H groups in total. The number of nitrogens with one attached hydrogen (secondary N) is 1. The highest BCUT2D eigenvalue weighted by Crippen LogP contribution is 2.51. The number of ketones is 1. The number of hydrogen-bond donors (Lipinski definition) is 1. The summed E-state index contributed by atoms with van der Waals surface area (Å²) in [4.78, 5) is 42.4. The lowest BCUT2D eigenvalue weighted by Gasteiger charge is -2.35. The molecule has 1 unspecified atom stereocenters. The van der Waals surface area contributed by atoms with E-state index in [9.17, 15) is 27.6 Å². The van der Waals surface area contributed by atoms with Gasteiger partial charge in [-0.1, -0.05) is 19.9 Å². The van der Waals surface area contributed by atoms with E-state index in [0.29, 0.717) is 5.56 Å². The van der Waals surface area contributed by atoms with Gasteiger partial charge in [0.2, 0.25) is 11.4 Å². The standard InChI is InChI=1S/C19H20F3N3O3/c1-11(26)24-18(19(20,21)22)15-13(7-17(2,3)8-14(15)27)25(16(18)28)10-12-5-4-6-23-9-12/h4-6,9H,7-8,10H2,1-3H3,(H,24,26). The molecule has 1 aromatic rings. The fourth-order valence-electron chi connectivity index (χ4n) is 3.93. The number of nitrogens with zero attached hydrogens (tertiary/aromatic N) is 2. The lowest BCUT2D eigenvalue weighted by molar-refractivity contribution is -0.194. The van der Waals surface area contributed by atoms with Crippen molar-refractivity contribution in [2.45, 2.75) is 51.9 Å². The summed E-state index contributed by atoms with van der Waals surface area (Å²) in [5.41, 5.74) is -4.10. The highest BCUT2D eigenvalue weighted by molar-refractivity contribution is 6.13.